The van der Waals surface area contributed by atoms with Gasteiger partial charge in [-0.2, -0.15) is 0 Å². The van der Waals surface area contributed by atoms with Gasteiger partial charge in [-0.3, -0.25) is 4.79 Å². The Bertz CT molecular complexity index is 979. The molecule has 1 heterocycles. The molecule has 4 rings (SSSR count). The van der Waals surface area contributed by atoms with Crippen LogP contribution in [0.2, 0.25) is 10.0 Å². The molecule has 0 aliphatic carbocycles. The van der Waals surface area contributed by atoms with Crippen molar-refractivity contribution in [2.45, 2.75) is 31.2 Å². The Morgan fingerprint density at radius 2 is 1.50 bits per heavy atom. The quantitative estimate of drug-likeness (QED) is 0.436. The van der Waals surface area contributed by atoms with Crippen molar-refractivity contribution in [2.75, 3.05) is 19.6 Å². The maximum Gasteiger partial charge on any atom is 0.253 e. The Kier molecular flexibility index (Phi) is 7.85. The number of piperidine rings is 1. The van der Waals surface area contributed by atoms with Crippen LogP contribution < -0.4 is 5.32 Å². The summed E-state index contributed by atoms with van der Waals surface area (Å²) in [4.78, 5) is 15.1. The van der Waals surface area contributed by atoms with Gasteiger partial charge in [0, 0.05) is 30.1 Å². The lowest BCUT2D eigenvalue weighted by Gasteiger charge is -2.33. The predicted octanol–water partition coefficient (Wildman–Crippen LogP) is 6.41. The van der Waals surface area contributed by atoms with Gasteiger partial charge in [0.2, 0.25) is 0 Å². The number of benzene rings is 3. The number of hydrogen-bond donors (Lipinski definition) is 1. The monoisotopic (exact) mass is 466 g/mol. The number of halogens is 2. The third-order valence-corrected chi connectivity index (χ3v) is 6.80. The minimum Gasteiger partial charge on any atom is -0.349 e. The highest BCUT2D eigenvalue weighted by Gasteiger charge is 2.23. The maximum atomic E-state index is 12.6. The zero-order valence-corrected chi connectivity index (χ0v) is 19.5. The lowest BCUT2D eigenvalue weighted by Crippen LogP contribution is -2.45. The van der Waals surface area contributed by atoms with Crippen molar-refractivity contribution in [2.24, 2.45) is 0 Å². The molecule has 32 heavy (non-hydrogen) atoms. The van der Waals surface area contributed by atoms with Crippen LogP contribution in [0.3, 0.4) is 0 Å². The van der Waals surface area contributed by atoms with Crippen molar-refractivity contribution in [1.29, 1.82) is 0 Å². The highest BCUT2D eigenvalue weighted by atomic mass is 35.5. The van der Waals surface area contributed by atoms with Crippen molar-refractivity contribution in [3.05, 3.63) is 106 Å². The fourth-order valence-corrected chi connectivity index (χ4v) is 4.82. The Balaban J connectivity index is 1.31. The van der Waals surface area contributed by atoms with Gasteiger partial charge in [0.05, 0.1) is 10.6 Å². The van der Waals surface area contributed by atoms with E-state index in [1.165, 1.54) is 11.1 Å². The fourth-order valence-electron chi connectivity index (χ4n) is 4.44. The molecule has 1 fully saturated rings. The number of nitrogens with one attached hydrogen (secondary N) is 1. The molecule has 0 unspecified atom stereocenters. The van der Waals surface area contributed by atoms with E-state index < -0.39 is 0 Å². The van der Waals surface area contributed by atoms with Gasteiger partial charge in [-0.15, -0.1) is 0 Å². The molecule has 3 aromatic carbocycles. The Hall–Kier alpha value is -2.33. The highest BCUT2D eigenvalue weighted by Crippen LogP contribution is 2.28. The van der Waals surface area contributed by atoms with Gasteiger partial charge in [-0.05, 0) is 55.1 Å². The van der Waals surface area contributed by atoms with E-state index in [2.05, 4.69) is 70.9 Å². The van der Waals surface area contributed by atoms with Crippen LogP contribution >= 0.6 is 23.2 Å². The molecule has 0 radical (unpaired) electrons. The zero-order chi connectivity index (χ0) is 22.3. The molecule has 0 atom stereocenters. The van der Waals surface area contributed by atoms with E-state index >= 15 is 0 Å². The second-order valence-electron chi connectivity index (χ2n) is 8.38. The molecule has 1 saturated heterocycles. The first-order chi connectivity index (χ1) is 15.6. The summed E-state index contributed by atoms with van der Waals surface area (Å²) in [5, 5.41) is 4.07. The fraction of sp³-hybridized carbons (Fsp3) is 0.296. The van der Waals surface area contributed by atoms with Gasteiger partial charge < -0.3 is 10.2 Å². The summed E-state index contributed by atoms with van der Waals surface area (Å²) in [5.41, 5.74) is 3.16. The summed E-state index contributed by atoms with van der Waals surface area (Å²) in [6, 6.07) is 26.6. The molecule has 5 heteroatoms. The normalized spacial score (nSPS) is 15.1. The lowest BCUT2D eigenvalue weighted by atomic mass is 9.88. The number of hydrogen-bond acceptors (Lipinski definition) is 2. The average molecular weight is 467 g/mol. The smallest absolute Gasteiger partial charge is 0.253 e. The first kappa shape index (κ1) is 22.8. The average Bonchev–Trinajstić information content (AvgIpc) is 2.83. The maximum absolute atomic E-state index is 12.6. The van der Waals surface area contributed by atoms with Crippen LogP contribution in [-0.4, -0.2) is 36.5 Å². The van der Waals surface area contributed by atoms with Crippen LogP contribution in [0.1, 0.15) is 46.7 Å². The first-order valence-corrected chi connectivity index (χ1v) is 11.9. The summed E-state index contributed by atoms with van der Waals surface area (Å²) in [7, 11) is 0. The molecule has 1 aliphatic heterocycles. The van der Waals surface area contributed by atoms with Gasteiger partial charge in [0.25, 0.3) is 5.91 Å². The van der Waals surface area contributed by atoms with Gasteiger partial charge in [0.1, 0.15) is 0 Å². The minimum absolute atomic E-state index is 0.149. The Labute approximate surface area is 200 Å². The van der Waals surface area contributed by atoms with Crippen LogP contribution in [0, 0.1) is 0 Å². The molecule has 1 aliphatic rings. The van der Waals surface area contributed by atoms with Crippen molar-refractivity contribution >= 4 is 29.1 Å². The number of rotatable bonds is 7. The molecule has 3 nitrogen and oxygen atoms in total. The van der Waals surface area contributed by atoms with Crippen molar-refractivity contribution in [3.8, 4) is 0 Å². The van der Waals surface area contributed by atoms with Crippen molar-refractivity contribution in [3.63, 3.8) is 0 Å². The number of likely N-dealkylation sites (tertiary alicyclic amines) is 1. The molecule has 3 aromatic rings. The van der Waals surface area contributed by atoms with Crippen LogP contribution in [0.5, 0.6) is 0 Å². The third-order valence-electron chi connectivity index (χ3n) is 6.23. The van der Waals surface area contributed by atoms with Crippen LogP contribution in [0.15, 0.2) is 78.9 Å². The van der Waals surface area contributed by atoms with Crippen molar-refractivity contribution < 1.29 is 4.79 Å². The molecule has 1 N–H and O–H groups in total. The lowest BCUT2D eigenvalue weighted by molar-refractivity contribution is 0.0910. The number of amides is 1. The summed E-state index contributed by atoms with van der Waals surface area (Å²) in [6.45, 7) is 2.99. The second kappa shape index (κ2) is 11.0. The van der Waals surface area contributed by atoms with Crippen LogP contribution in [0.4, 0.5) is 0 Å². The van der Waals surface area contributed by atoms with E-state index in [9.17, 15) is 4.79 Å². The third kappa shape index (κ3) is 5.92. The molecule has 1 amide bonds. The molecular weight excluding hydrogens is 439 g/mol. The number of nitrogens with zero attached hydrogens (tertiary/aromatic N) is 1. The summed E-state index contributed by atoms with van der Waals surface area (Å²) < 4.78 is 0. The van der Waals surface area contributed by atoms with E-state index in [-0.39, 0.29) is 11.9 Å². The van der Waals surface area contributed by atoms with Crippen LogP contribution in [0.25, 0.3) is 0 Å². The number of carbonyl (C=O) groups is 1. The highest BCUT2D eigenvalue weighted by molar-refractivity contribution is 6.35. The van der Waals surface area contributed by atoms with Gasteiger partial charge >= 0.3 is 0 Å². The topological polar surface area (TPSA) is 32.3 Å². The van der Waals surface area contributed by atoms with Crippen molar-refractivity contribution in [1.82, 2.24) is 10.2 Å². The number of carbonyl (C=O) groups excluding carboxylic acids is 1. The second-order valence-corrected chi connectivity index (χ2v) is 9.22. The van der Waals surface area contributed by atoms with Gasteiger partial charge in [0.15, 0.2) is 0 Å². The predicted molar refractivity (Wildman–Crippen MR) is 133 cm³/mol. The SMILES string of the molecule is O=C(NC1CCN(CCC(c2ccccc2)c2ccccc2)CC1)c1cc(Cl)ccc1Cl. The summed E-state index contributed by atoms with van der Waals surface area (Å²) in [6.07, 6.45) is 2.94. The summed E-state index contributed by atoms with van der Waals surface area (Å²) >= 11 is 12.2. The molecule has 0 bridgehead atoms. The Morgan fingerprint density at radius 3 is 2.09 bits per heavy atom. The van der Waals surface area contributed by atoms with Gasteiger partial charge in [-0.1, -0.05) is 83.9 Å². The molecule has 166 valence electrons. The van der Waals surface area contributed by atoms with E-state index in [0.717, 1.165) is 38.9 Å². The minimum atomic E-state index is -0.149. The van der Waals surface area contributed by atoms with Crippen LogP contribution in [-0.2, 0) is 0 Å². The zero-order valence-electron chi connectivity index (χ0n) is 18.0. The molecular formula is C27H28Cl2N2O. The molecule has 0 saturated carbocycles. The van der Waals surface area contributed by atoms with E-state index in [1.54, 1.807) is 18.2 Å². The van der Waals surface area contributed by atoms with Gasteiger partial charge in [-0.25, -0.2) is 0 Å². The first-order valence-electron chi connectivity index (χ1n) is 11.2. The Morgan fingerprint density at radius 1 is 0.906 bits per heavy atom. The molecule has 0 aromatic heterocycles. The largest absolute Gasteiger partial charge is 0.349 e. The van der Waals surface area contributed by atoms with E-state index in [0.29, 0.717) is 21.5 Å². The summed E-state index contributed by atoms with van der Waals surface area (Å²) in [5.74, 6) is 0.240. The molecule has 0 spiro atoms. The van der Waals surface area contributed by atoms with E-state index in [1.807, 2.05) is 0 Å². The van der Waals surface area contributed by atoms with E-state index in [4.69, 9.17) is 23.2 Å². The standard InChI is InChI=1S/C27H28Cl2N2O/c28-22-11-12-26(29)25(19-22)27(32)30-23-13-16-31(17-14-23)18-15-24(20-7-3-1-4-8-20)21-9-5-2-6-10-21/h1-12,19,23-24H,13-18H2,(H,30,32).